The van der Waals surface area contributed by atoms with Gasteiger partial charge in [0.05, 0.1) is 5.92 Å². The smallest absolute Gasteiger partial charge is 0.309 e. The largest absolute Gasteiger partial charge is 0.489 e. The van der Waals surface area contributed by atoms with Gasteiger partial charge in [0.2, 0.25) is 0 Å². The summed E-state index contributed by atoms with van der Waals surface area (Å²) in [4.78, 5) is 13.0. The van der Waals surface area contributed by atoms with Crippen LogP contribution in [0.25, 0.3) is 0 Å². The molecule has 0 radical (unpaired) electrons. The number of benzene rings is 2. The van der Waals surface area contributed by atoms with Gasteiger partial charge in [-0.25, -0.2) is 0 Å². The Balaban J connectivity index is 1.51. The Morgan fingerprint density at radius 3 is 2.31 bits per heavy atom. The summed E-state index contributed by atoms with van der Waals surface area (Å²) in [5.41, 5.74) is 5.14. The molecule has 1 N–H and O–H groups in total. The molecule has 0 aromatic heterocycles. The van der Waals surface area contributed by atoms with Gasteiger partial charge in [-0.05, 0) is 34.4 Å². The number of nitrogens with zero attached hydrogens (tertiary/aromatic N) is 1. The fourth-order valence-electron chi connectivity index (χ4n) is 2.99. The predicted octanol–water partition coefficient (Wildman–Crippen LogP) is 4.65. The Hall–Kier alpha value is -0.870. The molecule has 2 aromatic carbocycles. The van der Waals surface area contributed by atoms with Crippen LogP contribution in [-0.2, 0) is 26.8 Å². The fourth-order valence-corrected chi connectivity index (χ4v) is 4.45. The van der Waals surface area contributed by atoms with Crippen LogP contribution < -0.4 is 4.74 Å². The van der Waals surface area contributed by atoms with Gasteiger partial charge in [0, 0.05) is 28.5 Å². The first-order chi connectivity index (χ1) is 12.6. The van der Waals surface area contributed by atoms with Gasteiger partial charge in [-0.15, -0.1) is 0 Å². The number of alkyl halides is 2. The SMILES string of the molecule is O=C(O)C1CN(Cc2ccc(OCc3ccc(CI)c(CI)c3)cc2)C1. The highest BCUT2D eigenvalue weighted by molar-refractivity contribution is 14.1. The number of rotatable bonds is 8. The summed E-state index contributed by atoms with van der Waals surface area (Å²) in [6.45, 7) is 2.64. The van der Waals surface area contributed by atoms with Crippen molar-refractivity contribution in [3.63, 3.8) is 0 Å². The standard InChI is InChI=1S/C20H21I2NO3/c21-8-16-4-1-15(7-17(16)9-22)13-26-19-5-2-14(3-6-19)10-23-11-18(12-23)20(24)25/h1-7,18H,8-13H2,(H,24,25). The zero-order chi connectivity index (χ0) is 18.5. The van der Waals surface area contributed by atoms with Gasteiger partial charge in [-0.1, -0.05) is 75.5 Å². The van der Waals surface area contributed by atoms with Crippen molar-refractivity contribution in [3.05, 3.63) is 64.7 Å². The van der Waals surface area contributed by atoms with Gasteiger partial charge in [-0.2, -0.15) is 0 Å². The summed E-state index contributed by atoms with van der Waals surface area (Å²) in [5.74, 6) is -0.0411. The lowest BCUT2D eigenvalue weighted by Crippen LogP contribution is -2.49. The number of aliphatic carboxylic acids is 1. The molecule has 1 aliphatic heterocycles. The van der Waals surface area contributed by atoms with Gasteiger partial charge in [0.1, 0.15) is 12.4 Å². The summed E-state index contributed by atoms with van der Waals surface area (Å²) in [6.07, 6.45) is 0. The van der Waals surface area contributed by atoms with Crippen LogP contribution in [0.2, 0.25) is 0 Å². The minimum atomic E-state index is -0.692. The van der Waals surface area contributed by atoms with E-state index in [4.69, 9.17) is 9.84 Å². The van der Waals surface area contributed by atoms with Crippen LogP contribution in [0.4, 0.5) is 0 Å². The molecule has 4 nitrogen and oxygen atoms in total. The number of carboxylic acids is 1. The Morgan fingerprint density at radius 1 is 1.04 bits per heavy atom. The maximum absolute atomic E-state index is 10.8. The number of halogens is 2. The maximum atomic E-state index is 10.8. The Labute approximate surface area is 181 Å². The predicted molar refractivity (Wildman–Crippen MR) is 119 cm³/mol. The molecule has 0 saturated carbocycles. The van der Waals surface area contributed by atoms with Gasteiger partial charge < -0.3 is 9.84 Å². The summed E-state index contributed by atoms with van der Waals surface area (Å²) >= 11 is 4.80. The molecule has 0 unspecified atom stereocenters. The highest BCUT2D eigenvalue weighted by Gasteiger charge is 2.32. The topological polar surface area (TPSA) is 49.8 Å². The van der Waals surface area contributed by atoms with Crippen molar-refractivity contribution < 1.29 is 14.6 Å². The first-order valence-electron chi connectivity index (χ1n) is 8.48. The van der Waals surface area contributed by atoms with Crippen LogP contribution in [0, 0.1) is 5.92 Å². The molecule has 1 saturated heterocycles. The van der Waals surface area contributed by atoms with E-state index in [0.717, 1.165) is 21.1 Å². The molecule has 1 heterocycles. The van der Waals surface area contributed by atoms with E-state index in [9.17, 15) is 4.79 Å². The first-order valence-corrected chi connectivity index (χ1v) is 11.5. The number of carbonyl (C=O) groups is 1. The van der Waals surface area contributed by atoms with Crippen LogP contribution >= 0.6 is 45.2 Å². The molecule has 6 heteroatoms. The molecule has 0 amide bonds. The zero-order valence-electron chi connectivity index (χ0n) is 14.3. The van der Waals surface area contributed by atoms with E-state index in [-0.39, 0.29) is 5.92 Å². The summed E-state index contributed by atoms with van der Waals surface area (Å²) < 4.78 is 7.96. The molecule has 1 aliphatic rings. The average molecular weight is 577 g/mol. The first kappa shape index (κ1) is 19.9. The number of hydrogen-bond acceptors (Lipinski definition) is 3. The third kappa shape index (κ3) is 5.10. The second kappa shape index (κ2) is 9.36. The molecular formula is C20H21I2NO3. The monoisotopic (exact) mass is 577 g/mol. The molecule has 0 spiro atoms. The van der Waals surface area contributed by atoms with Crippen molar-refractivity contribution in [1.29, 1.82) is 0 Å². The number of hydrogen-bond donors (Lipinski definition) is 1. The van der Waals surface area contributed by atoms with Crippen molar-refractivity contribution in [3.8, 4) is 5.75 Å². The third-order valence-corrected chi connectivity index (χ3v) is 6.24. The van der Waals surface area contributed by atoms with Crippen molar-refractivity contribution >= 4 is 51.2 Å². The van der Waals surface area contributed by atoms with Crippen LogP contribution in [0.15, 0.2) is 42.5 Å². The fraction of sp³-hybridized carbons (Fsp3) is 0.350. The Bertz CT molecular complexity index is 758. The molecule has 0 atom stereocenters. The van der Waals surface area contributed by atoms with E-state index in [1.165, 1.54) is 22.3 Å². The van der Waals surface area contributed by atoms with E-state index in [2.05, 4.69) is 80.4 Å². The van der Waals surface area contributed by atoms with E-state index in [1.54, 1.807) is 0 Å². The minimum absolute atomic E-state index is 0.205. The van der Waals surface area contributed by atoms with Gasteiger partial charge in [0.25, 0.3) is 0 Å². The lowest BCUT2D eigenvalue weighted by atomic mass is 10.00. The lowest BCUT2D eigenvalue weighted by molar-refractivity contribution is -0.147. The second-order valence-electron chi connectivity index (χ2n) is 6.53. The van der Waals surface area contributed by atoms with E-state index in [0.29, 0.717) is 19.7 Å². The van der Waals surface area contributed by atoms with Crippen molar-refractivity contribution in [2.45, 2.75) is 22.0 Å². The third-order valence-electron chi connectivity index (χ3n) is 4.60. The quantitative estimate of drug-likeness (QED) is 0.367. The molecule has 1 fully saturated rings. The van der Waals surface area contributed by atoms with E-state index >= 15 is 0 Å². The molecular weight excluding hydrogens is 556 g/mol. The van der Waals surface area contributed by atoms with Crippen LogP contribution in [0.1, 0.15) is 22.3 Å². The maximum Gasteiger partial charge on any atom is 0.309 e. The van der Waals surface area contributed by atoms with E-state index in [1.807, 2.05) is 12.1 Å². The highest BCUT2D eigenvalue weighted by atomic mass is 127. The van der Waals surface area contributed by atoms with Crippen LogP contribution in [0.5, 0.6) is 5.75 Å². The summed E-state index contributed by atoms with van der Waals surface area (Å²) in [5, 5.41) is 8.92. The molecule has 138 valence electrons. The molecule has 2 aromatic rings. The number of likely N-dealkylation sites (tertiary alicyclic amines) is 1. The molecule has 3 rings (SSSR count). The van der Waals surface area contributed by atoms with Crippen LogP contribution in [-0.4, -0.2) is 29.1 Å². The van der Waals surface area contributed by atoms with Crippen molar-refractivity contribution in [2.24, 2.45) is 5.92 Å². The molecule has 0 aliphatic carbocycles. The zero-order valence-corrected chi connectivity index (χ0v) is 18.6. The Morgan fingerprint density at radius 2 is 1.69 bits per heavy atom. The highest BCUT2D eigenvalue weighted by Crippen LogP contribution is 2.22. The summed E-state index contributed by atoms with van der Waals surface area (Å²) in [7, 11) is 0. The van der Waals surface area contributed by atoms with Gasteiger partial charge in [0.15, 0.2) is 0 Å². The van der Waals surface area contributed by atoms with E-state index < -0.39 is 5.97 Å². The lowest BCUT2D eigenvalue weighted by Gasteiger charge is -2.36. The number of carboxylic acid groups (broad SMARTS) is 1. The Kier molecular flexibility index (Phi) is 7.16. The molecule has 0 bridgehead atoms. The minimum Gasteiger partial charge on any atom is -0.489 e. The van der Waals surface area contributed by atoms with Crippen LogP contribution in [0.3, 0.4) is 0 Å². The van der Waals surface area contributed by atoms with Gasteiger partial charge in [-0.3, -0.25) is 9.69 Å². The average Bonchev–Trinajstić information content (AvgIpc) is 2.63. The normalized spacial score (nSPS) is 14.8. The van der Waals surface area contributed by atoms with Crippen molar-refractivity contribution in [2.75, 3.05) is 13.1 Å². The summed E-state index contributed by atoms with van der Waals surface area (Å²) in [6, 6.07) is 14.7. The van der Waals surface area contributed by atoms with Crippen molar-refractivity contribution in [1.82, 2.24) is 4.90 Å². The van der Waals surface area contributed by atoms with Gasteiger partial charge >= 0.3 is 5.97 Å². The number of ether oxygens (including phenoxy) is 1. The molecule has 26 heavy (non-hydrogen) atoms. The second-order valence-corrected chi connectivity index (χ2v) is 8.06.